The summed E-state index contributed by atoms with van der Waals surface area (Å²) in [5.41, 5.74) is 5.90. The Hall–Kier alpha value is -2.09. The van der Waals surface area contributed by atoms with Gasteiger partial charge in [-0.25, -0.2) is 4.79 Å². The molecule has 1 aliphatic rings. The molecule has 4 N–H and O–H groups in total. The Morgan fingerprint density at radius 2 is 2.10 bits per heavy atom. The number of nitrogens with zero attached hydrogens (tertiary/aromatic N) is 3. The minimum absolute atomic E-state index is 0.0925. The van der Waals surface area contributed by atoms with Crippen LogP contribution in [0.4, 0.5) is 5.95 Å². The first-order valence-corrected chi connectivity index (χ1v) is 6.64. The van der Waals surface area contributed by atoms with E-state index in [2.05, 4.69) is 15.3 Å². The van der Waals surface area contributed by atoms with Gasteiger partial charge in [0.1, 0.15) is 0 Å². The molecule has 108 valence electrons. The topological polar surface area (TPSA) is 111 Å². The molecule has 1 saturated carbocycles. The van der Waals surface area contributed by atoms with Gasteiger partial charge in [0.25, 0.3) is 5.56 Å². The summed E-state index contributed by atoms with van der Waals surface area (Å²) in [6.07, 6.45) is 2.36. The Balaban J connectivity index is 1.94. The van der Waals surface area contributed by atoms with Gasteiger partial charge in [0.05, 0.1) is 0 Å². The molecule has 0 saturated heterocycles. The molecule has 2 heterocycles. The summed E-state index contributed by atoms with van der Waals surface area (Å²) >= 11 is 0. The largest absolute Gasteiger partial charge is 0.354 e. The highest BCUT2D eigenvalue weighted by molar-refractivity contribution is 5.72. The summed E-state index contributed by atoms with van der Waals surface area (Å²) in [4.78, 5) is 31.0. The van der Waals surface area contributed by atoms with E-state index in [-0.39, 0.29) is 11.6 Å². The summed E-state index contributed by atoms with van der Waals surface area (Å²) in [6.45, 7) is 0.596. The van der Waals surface area contributed by atoms with E-state index in [1.807, 2.05) is 0 Å². The zero-order chi connectivity index (χ0) is 14.4. The van der Waals surface area contributed by atoms with Crippen molar-refractivity contribution >= 4 is 17.1 Å². The number of hydrogen-bond donors (Lipinski definition) is 3. The first-order valence-electron chi connectivity index (χ1n) is 6.64. The van der Waals surface area contributed by atoms with Crippen molar-refractivity contribution in [1.82, 2.24) is 19.1 Å². The Morgan fingerprint density at radius 3 is 2.75 bits per heavy atom. The predicted molar refractivity (Wildman–Crippen MR) is 75.8 cm³/mol. The van der Waals surface area contributed by atoms with Crippen molar-refractivity contribution < 1.29 is 0 Å². The van der Waals surface area contributed by atoms with Crippen LogP contribution in [0.25, 0.3) is 11.2 Å². The van der Waals surface area contributed by atoms with Crippen LogP contribution in [-0.4, -0.2) is 31.7 Å². The average Bonchev–Trinajstić information content (AvgIpc) is 3.20. The van der Waals surface area contributed by atoms with Crippen molar-refractivity contribution in [2.75, 3.05) is 11.9 Å². The van der Waals surface area contributed by atoms with Gasteiger partial charge in [0, 0.05) is 26.7 Å². The van der Waals surface area contributed by atoms with Crippen LogP contribution in [0.3, 0.4) is 0 Å². The van der Waals surface area contributed by atoms with Crippen LogP contribution in [0.2, 0.25) is 0 Å². The van der Waals surface area contributed by atoms with Gasteiger partial charge in [-0.1, -0.05) is 0 Å². The summed E-state index contributed by atoms with van der Waals surface area (Å²) in [5.74, 6) is 1.05. The molecule has 0 bridgehead atoms. The first-order chi connectivity index (χ1) is 9.49. The van der Waals surface area contributed by atoms with Crippen LogP contribution in [0, 0.1) is 5.92 Å². The fourth-order valence-corrected chi connectivity index (χ4v) is 2.32. The van der Waals surface area contributed by atoms with Gasteiger partial charge in [-0.15, -0.1) is 0 Å². The molecular weight excluding hydrogens is 260 g/mol. The van der Waals surface area contributed by atoms with E-state index < -0.39 is 5.69 Å². The summed E-state index contributed by atoms with van der Waals surface area (Å²) in [6, 6.07) is 0.0925. The molecule has 2 aromatic heterocycles. The third kappa shape index (κ3) is 2.01. The third-order valence-corrected chi connectivity index (χ3v) is 3.83. The second-order valence-electron chi connectivity index (χ2n) is 5.37. The molecule has 8 nitrogen and oxygen atoms in total. The van der Waals surface area contributed by atoms with E-state index in [0.29, 0.717) is 29.6 Å². The fraction of sp³-hybridized carbons (Fsp3) is 0.583. The number of H-pyrrole nitrogens is 1. The number of imidazole rings is 1. The lowest BCUT2D eigenvalue weighted by atomic mass is 10.2. The van der Waals surface area contributed by atoms with Gasteiger partial charge >= 0.3 is 5.69 Å². The summed E-state index contributed by atoms with van der Waals surface area (Å²) in [5, 5.41) is 3.09. The van der Waals surface area contributed by atoms with Gasteiger partial charge < -0.3 is 16.0 Å². The van der Waals surface area contributed by atoms with Crippen LogP contribution in [0.15, 0.2) is 9.59 Å². The molecule has 0 radical (unpaired) electrons. The molecule has 0 spiro atoms. The van der Waals surface area contributed by atoms with Gasteiger partial charge in [-0.3, -0.25) is 13.9 Å². The Kier molecular flexibility index (Phi) is 2.89. The van der Waals surface area contributed by atoms with Crippen molar-refractivity contribution in [3.8, 4) is 0 Å². The van der Waals surface area contributed by atoms with E-state index in [1.165, 1.54) is 24.5 Å². The third-order valence-electron chi connectivity index (χ3n) is 3.83. The lowest BCUT2D eigenvalue weighted by molar-refractivity contribution is 0.619. The molecule has 0 aromatic carbocycles. The second-order valence-corrected chi connectivity index (χ2v) is 5.37. The molecule has 8 heteroatoms. The van der Waals surface area contributed by atoms with Crippen molar-refractivity contribution in [1.29, 1.82) is 0 Å². The van der Waals surface area contributed by atoms with Crippen LogP contribution in [0.5, 0.6) is 0 Å². The molecule has 1 aliphatic carbocycles. The molecule has 2 aromatic rings. The molecule has 1 unspecified atom stereocenters. The summed E-state index contributed by atoms with van der Waals surface area (Å²) < 4.78 is 2.40. The highest BCUT2D eigenvalue weighted by atomic mass is 16.2. The number of fused-ring (bicyclic) bond motifs is 1. The number of nitrogens with two attached hydrogens (primary N) is 1. The Labute approximate surface area is 114 Å². The monoisotopic (exact) mass is 278 g/mol. The van der Waals surface area contributed by atoms with Crippen LogP contribution >= 0.6 is 0 Å². The lowest BCUT2D eigenvalue weighted by Crippen LogP contribution is -2.36. The lowest BCUT2D eigenvalue weighted by Gasteiger charge is -2.09. The molecule has 0 amide bonds. The van der Waals surface area contributed by atoms with Crippen LogP contribution in [0.1, 0.15) is 12.8 Å². The smallest absolute Gasteiger partial charge is 0.332 e. The quantitative estimate of drug-likeness (QED) is 0.672. The summed E-state index contributed by atoms with van der Waals surface area (Å²) in [7, 11) is 3.03. The van der Waals surface area contributed by atoms with Crippen molar-refractivity contribution in [2.24, 2.45) is 25.7 Å². The maximum Gasteiger partial charge on any atom is 0.332 e. The molecule has 3 rings (SSSR count). The van der Waals surface area contributed by atoms with Crippen molar-refractivity contribution in [3.05, 3.63) is 20.8 Å². The van der Waals surface area contributed by atoms with Crippen LogP contribution < -0.4 is 22.3 Å². The number of anilines is 1. The van der Waals surface area contributed by atoms with E-state index in [0.717, 1.165) is 4.57 Å². The molecule has 20 heavy (non-hydrogen) atoms. The highest BCUT2D eigenvalue weighted by Gasteiger charge is 2.28. The fourth-order valence-electron chi connectivity index (χ4n) is 2.32. The maximum absolute atomic E-state index is 12.0. The number of nitrogens with one attached hydrogen (secondary N) is 2. The average molecular weight is 278 g/mol. The number of aromatic amines is 1. The minimum atomic E-state index is -0.393. The molecule has 1 atom stereocenters. The zero-order valence-electron chi connectivity index (χ0n) is 11.5. The number of rotatable bonds is 4. The van der Waals surface area contributed by atoms with E-state index in [9.17, 15) is 9.59 Å². The number of aryl methyl sites for hydroxylation is 1. The second kappa shape index (κ2) is 4.48. The van der Waals surface area contributed by atoms with E-state index in [4.69, 9.17) is 5.73 Å². The maximum atomic E-state index is 12.0. The zero-order valence-corrected chi connectivity index (χ0v) is 11.5. The molecular formula is C12H18N6O2. The van der Waals surface area contributed by atoms with Gasteiger partial charge in [-0.2, -0.15) is 4.98 Å². The van der Waals surface area contributed by atoms with Crippen molar-refractivity contribution in [2.45, 2.75) is 18.9 Å². The first kappa shape index (κ1) is 12.9. The van der Waals surface area contributed by atoms with Crippen molar-refractivity contribution in [3.63, 3.8) is 0 Å². The minimum Gasteiger partial charge on any atom is -0.354 e. The SMILES string of the molecule is Cn1c(=O)c2[nH]c(NCC(N)C3CC3)nc2n(C)c1=O. The van der Waals surface area contributed by atoms with E-state index >= 15 is 0 Å². The normalized spacial score (nSPS) is 16.6. The van der Waals surface area contributed by atoms with E-state index in [1.54, 1.807) is 7.05 Å². The Morgan fingerprint density at radius 1 is 1.40 bits per heavy atom. The van der Waals surface area contributed by atoms with Crippen LogP contribution in [-0.2, 0) is 14.1 Å². The number of hydrogen-bond acceptors (Lipinski definition) is 5. The number of aromatic nitrogens is 4. The van der Waals surface area contributed by atoms with Gasteiger partial charge in [-0.05, 0) is 18.8 Å². The molecule has 0 aliphatic heterocycles. The Bertz CT molecular complexity index is 767. The predicted octanol–water partition coefficient (Wildman–Crippen LogP) is -0.890. The molecule has 1 fully saturated rings. The highest BCUT2D eigenvalue weighted by Crippen LogP contribution is 2.31. The van der Waals surface area contributed by atoms with Gasteiger partial charge in [0.15, 0.2) is 11.2 Å². The standard InChI is InChI=1S/C12H18N6O2/c1-17-9-8(10(19)18(2)12(17)20)15-11(16-9)14-5-7(13)6-3-4-6/h6-7H,3-5,13H2,1-2H3,(H2,14,15,16). The van der Waals surface area contributed by atoms with Gasteiger partial charge in [0.2, 0.25) is 5.95 Å².